The van der Waals surface area contributed by atoms with Crippen molar-refractivity contribution in [3.63, 3.8) is 0 Å². The van der Waals surface area contributed by atoms with E-state index in [1.54, 1.807) is 17.8 Å². The van der Waals surface area contributed by atoms with E-state index in [-0.39, 0.29) is 0 Å². The molecular weight excluding hydrogens is 289 g/mol. The summed E-state index contributed by atoms with van der Waals surface area (Å²) in [6.07, 6.45) is 2.35. The van der Waals surface area contributed by atoms with Crippen LogP contribution in [0.3, 0.4) is 0 Å². The van der Waals surface area contributed by atoms with Crippen molar-refractivity contribution in [3.05, 3.63) is 28.2 Å². The van der Waals surface area contributed by atoms with Crippen LogP contribution in [-0.2, 0) is 0 Å². The van der Waals surface area contributed by atoms with Crippen LogP contribution >= 0.6 is 35.0 Å². The maximum absolute atomic E-state index is 10.0. The number of rotatable bonds is 7. The molecule has 0 saturated heterocycles. The first kappa shape index (κ1) is 16.1. The monoisotopic (exact) mass is 307 g/mol. The molecule has 1 atom stereocenters. The zero-order valence-corrected chi connectivity index (χ0v) is 12.8. The molecule has 102 valence electrons. The SMILES string of the molecule is CCC(O)(CN)CCCSc1ccc(Cl)c(Cl)c1. The van der Waals surface area contributed by atoms with Gasteiger partial charge in [0.1, 0.15) is 0 Å². The minimum absolute atomic E-state index is 0.320. The zero-order chi connectivity index (χ0) is 13.6. The van der Waals surface area contributed by atoms with Gasteiger partial charge in [-0.1, -0.05) is 30.1 Å². The summed E-state index contributed by atoms with van der Waals surface area (Å²) in [7, 11) is 0. The lowest BCUT2D eigenvalue weighted by Crippen LogP contribution is -2.36. The van der Waals surface area contributed by atoms with Gasteiger partial charge < -0.3 is 10.8 Å². The van der Waals surface area contributed by atoms with Gasteiger partial charge >= 0.3 is 0 Å². The highest BCUT2D eigenvalue weighted by molar-refractivity contribution is 7.99. The molecule has 0 aliphatic rings. The van der Waals surface area contributed by atoms with E-state index in [2.05, 4.69) is 0 Å². The number of benzene rings is 1. The maximum atomic E-state index is 10.0. The largest absolute Gasteiger partial charge is 0.389 e. The van der Waals surface area contributed by atoms with Crippen LogP contribution < -0.4 is 5.73 Å². The van der Waals surface area contributed by atoms with Gasteiger partial charge in [-0.25, -0.2) is 0 Å². The number of halogens is 2. The van der Waals surface area contributed by atoms with Gasteiger partial charge in [-0.05, 0) is 43.2 Å². The molecule has 1 aromatic carbocycles. The third-order valence-corrected chi connectivity index (χ3v) is 4.80. The van der Waals surface area contributed by atoms with Crippen LogP contribution in [0, 0.1) is 0 Å². The third-order valence-electron chi connectivity index (χ3n) is 2.98. The molecule has 3 N–H and O–H groups in total. The lowest BCUT2D eigenvalue weighted by Gasteiger charge is -2.24. The van der Waals surface area contributed by atoms with Gasteiger partial charge in [-0.15, -0.1) is 11.8 Å². The second-order valence-corrected chi connectivity index (χ2v) is 6.29. The molecule has 0 bridgehead atoms. The predicted molar refractivity (Wildman–Crippen MR) is 80.7 cm³/mol. The lowest BCUT2D eigenvalue weighted by atomic mass is 9.95. The van der Waals surface area contributed by atoms with Crippen molar-refractivity contribution in [2.75, 3.05) is 12.3 Å². The quantitative estimate of drug-likeness (QED) is 0.592. The van der Waals surface area contributed by atoms with Crippen molar-refractivity contribution in [2.45, 2.75) is 36.7 Å². The first-order chi connectivity index (χ1) is 8.50. The highest BCUT2D eigenvalue weighted by Gasteiger charge is 2.21. The number of aliphatic hydroxyl groups is 1. The topological polar surface area (TPSA) is 46.2 Å². The summed E-state index contributed by atoms with van der Waals surface area (Å²) in [5.74, 6) is 0.931. The van der Waals surface area contributed by atoms with Crippen LogP contribution in [0.15, 0.2) is 23.1 Å². The molecule has 0 radical (unpaired) electrons. The Morgan fingerprint density at radius 1 is 1.33 bits per heavy atom. The van der Waals surface area contributed by atoms with Crippen molar-refractivity contribution in [2.24, 2.45) is 5.73 Å². The Hall–Kier alpha value is 0.0700. The molecule has 0 amide bonds. The standard InChI is InChI=1S/C13H19Cl2NOS/c1-2-13(17,9-16)6-3-7-18-10-4-5-11(14)12(15)8-10/h4-5,8,17H,2-3,6-7,9,16H2,1H3. The predicted octanol–water partition coefficient (Wildman–Crippen LogP) is 3.97. The summed E-state index contributed by atoms with van der Waals surface area (Å²) in [4.78, 5) is 1.09. The molecule has 0 fully saturated rings. The van der Waals surface area contributed by atoms with Crippen LogP contribution in [0.25, 0.3) is 0 Å². The first-order valence-corrected chi connectivity index (χ1v) is 7.75. The molecule has 18 heavy (non-hydrogen) atoms. The summed E-state index contributed by atoms with van der Waals surface area (Å²) < 4.78 is 0. The van der Waals surface area contributed by atoms with Gasteiger partial charge in [0.25, 0.3) is 0 Å². The molecule has 0 aliphatic heterocycles. The second-order valence-electron chi connectivity index (χ2n) is 4.31. The average Bonchev–Trinajstić information content (AvgIpc) is 2.38. The summed E-state index contributed by atoms with van der Waals surface area (Å²) in [5, 5.41) is 11.2. The maximum Gasteiger partial charge on any atom is 0.0767 e. The van der Waals surface area contributed by atoms with Crippen molar-refractivity contribution >= 4 is 35.0 Å². The van der Waals surface area contributed by atoms with E-state index in [0.29, 0.717) is 23.0 Å². The minimum Gasteiger partial charge on any atom is -0.389 e. The van der Waals surface area contributed by atoms with Gasteiger partial charge in [0.15, 0.2) is 0 Å². The van der Waals surface area contributed by atoms with E-state index in [4.69, 9.17) is 28.9 Å². The second kappa shape index (κ2) is 7.61. The highest BCUT2D eigenvalue weighted by Crippen LogP contribution is 2.29. The summed E-state index contributed by atoms with van der Waals surface area (Å²) in [6, 6.07) is 5.62. The number of hydrogen-bond acceptors (Lipinski definition) is 3. The number of hydrogen-bond donors (Lipinski definition) is 2. The van der Waals surface area contributed by atoms with Crippen LogP contribution in [0.5, 0.6) is 0 Å². The Bertz CT molecular complexity index is 383. The molecule has 0 aliphatic carbocycles. The number of nitrogens with two attached hydrogens (primary N) is 1. The van der Waals surface area contributed by atoms with Crippen LogP contribution in [-0.4, -0.2) is 23.0 Å². The zero-order valence-electron chi connectivity index (χ0n) is 10.5. The van der Waals surface area contributed by atoms with Crippen molar-refractivity contribution < 1.29 is 5.11 Å². The summed E-state index contributed by atoms with van der Waals surface area (Å²) >= 11 is 13.5. The van der Waals surface area contributed by atoms with Gasteiger partial charge in [0, 0.05) is 11.4 Å². The molecule has 1 rings (SSSR count). The van der Waals surface area contributed by atoms with Gasteiger partial charge in [0.2, 0.25) is 0 Å². The number of thioether (sulfide) groups is 1. The van der Waals surface area contributed by atoms with Crippen LogP contribution in [0.4, 0.5) is 0 Å². The van der Waals surface area contributed by atoms with Crippen LogP contribution in [0.1, 0.15) is 26.2 Å². The van der Waals surface area contributed by atoms with E-state index >= 15 is 0 Å². The summed E-state index contributed by atoms with van der Waals surface area (Å²) in [6.45, 7) is 2.28. The van der Waals surface area contributed by atoms with E-state index in [1.807, 2.05) is 19.1 Å². The fraction of sp³-hybridized carbons (Fsp3) is 0.538. The highest BCUT2D eigenvalue weighted by atomic mass is 35.5. The molecule has 1 unspecified atom stereocenters. The Kier molecular flexibility index (Phi) is 6.82. The van der Waals surface area contributed by atoms with Gasteiger partial charge in [-0.2, -0.15) is 0 Å². The Balaban J connectivity index is 2.36. The van der Waals surface area contributed by atoms with E-state index < -0.39 is 5.60 Å². The van der Waals surface area contributed by atoms with Gasteiger partial charge in [0.05, 0.1) is 15.6 Å². The fourth-order valence-electron chi connectivity index (χ4n) is 1.58. The van der Waals surface area contributed by atoms with E-state index in [1.165, 1.54) is 0 Å². The molecule has 0 heterocycles. The molecule has 0 saturated carbocycles. The average molecular weight is 308 g/mol. The van der Waals surface area contributed by atoms with Gasteiger partial charge in [-0.3, -0.25) is 0 Å². The first-order valence-electron chi connectivity index (χ1n) is 6.01. The smallest absolute Gasteiger partial charge is 0.0767 e. The molecule has 1 aromatic rings. The third kappa shape index (κ3) is 4.98. The molecule has 2 nitrogen and oxygen atoms in total. The molecular formula is C13H19Cl2NOS. The van der Waals surface area contributed by atoms with Crippen molar-refractivity contribution in [3.8, 4) is 0 Å². The molecule has 0 aromatic heterocycles. The van der Waals surface area contributed by atoms with E-state index in [0.717, 1.165) is 23.5 Å². The Morgan fingerprint density at radius 2 is 2.06 bits per heavy atom. The fourth-order valence-corrected chi connectivity index (χ4v) is 2.83. The normalized spacial score (nSPS) is 14.5. The lowest BCUT2D eigenvalue weighted by molar-refractivity contribution is 0.0360. The minimum atomic E-state index is -0.710. The Morgan fingerprint density at radius 3 is 2.61 bits per heavy atom. The summed E-state index contributed by atoms with van der Waals surface area (Å²) in [5.41, 5.74) is 4.85. The van der Waals surface area contributed by atoms with Crippen molar-refractivity contribution in [1.29, 1.82) is 0 Å². The molecule has 0 spiro atoms. The van der Waals surface area contributed by atoms with Crippen LogP contribution in [0.2, 0.25) is 10.0 Å². The van der Waals surface area contributed by atoms with E-state index in [9.17, 15) is 5.11 Å². The Labute approximate surface area is 123 Å². The van der Waals surface area contributed by atoms with Crippen molar-refractivity contribution in [1.82, 2.24) is 0 Å². The molecule has 5 heteroatoms.